The Hall–Kier alpha value is -0.260. The van der Waals surface area contributed by atoms with Gasteiger partial charge in [-0.1, -0.05) is 19.8 Å². The van der Waals surface area contributed by atoms with Gasteiger partial charge in [-0.2, -0.15) is 8.78 Å². The van der Waals surface area contributed by atoms with Gasteiger partial charge in [0.05, 0.1) is 0 Å². The van der Waals surface area contributed by atoms with E-state index in [1.807, 2.05) is 6.92 Å². The van der Waals surface area contributed by atoms with E-state index in [4.69, 9.17) is 15.3 Å². The Morgan fingerprint density at radius 3 is 1.92 bits per heavy atom. The number of alkyl halides is 2. The van der Waals surface area contributed by atoms with Gasteiger partial charge in [-0.05, 0) is 6.42 Å². The van der Waals surface area contributed by atoms with Crippen molar-refractivity contribution in [1.29, 1.82) is 0 Å². The summed E-state index contributed by atoms with van der Waals surface area (Å²) in [5.41, 5.74) is 0. The van der Waals surface area contributed by atoms with E-state index >= 15 is 0 Å². The predicted octanol–water partition coefficient (Wildman–Crippen LogP) is 0.833. The second kappa shape index (κ2) is 4.11. The van der Waals surface area contributed by atoms with Crippen LogP contribution in [0.3, 0.4) is 0 Å². The molecule has 0 spiro atoms. The van der Waals surface area contributed by atoms with Crippen LogP contribution in [0.5, 0.6) is 0 Å². The summed E-state index contributed by atoms with van der Waals surface area (Å²) in [4.78, 5) is 0. The summed E-state index contributed by atoms with van der Waals surface area (Å²) in [6.45, 7) is 1.84. The summed E-state index contributed by atoms with van der Waals surface area (Å²) in [5.74, 6) is -7.73. The average Bonchev–Trinajstić information content (AvgIpc) is 1.85. The normalized spacial score (nSPS) is 13.5. The molecule has 0 bridgehead atoms. The number of aliphatic hydroxyl groups is 3. The molecule has 0 rings (SSSR count). The first-order valence-electron chi connectivity index (χ1n) is 3.86. The second-order valence-corrected chi connectivity index (χ2v) is 2.80. The van der Waals surface area contributed by atoms with Crippen LogP contribution < -0.4 is 0 Å². The highest BCUT2D eigenvalue weighted by Crippen LogP contribution is 2.30. The lowest BCUT2D eigenvalue weighted by Crippen LogP contribution is -2.47. The third-order valence-electron chi connectivity index (χ3n) is 1.59. The van der Waals surface area contributed by atoms with E-state index < -0.39 is 18.3 Å². The van der Waals surface area contributed by atoms with Crippen molar-refractivity contribution >= 4 is 0 Å². The van der Waals surface area contributed by atoms with Crippen molar-refractivity contribution in [3.05, 3.63) is 0 Å². The number of unbranched alkanes of at least 4 members (excludes halogenated alkanes) is 2. The minimum Gasteiger partial charge on any atom is -0.339 e. The first kappa shape index (κ1) is 11.7. The standard InChI is InChI=1S/C7H14F2O3/c1-2-3-4-5-6(8,9)7(10,11)12/h10-12H,2-5H2,1H3. The fraction of sp³-hybridized carbons (Fsp3) is 1.00. The van der Waals surface area contributed by atoms with Crippen molar-refractivity contribution in [2.45, 2.75) is 44.5 Å². The van der Waals surface area contributed by atoms with Crippen molar-refractivity contribution in [1.82, 2.24) is 0 Å². The maximum atomic E-state index is 12.5. The minimum atomic E-state index is -3.89. The molecule has 0 fully saturated rings. The molecule has 0 atom stereocenters. The summed E-state index contributed by atoms with van der Waals surface area (Å²) in [6.07, 6.45) is 0.772. The zero-order valence-electron chi connectivity index (χ0n) is 6.93. The topological polar surface area (TPSA) is 60.7 Å². The summed E-state index contributed by atoms with van der Waals surface area (Å²) in [6, 6.07) is 0. The average molecular weight is 184 g/mol. The van der Waals surface area contributed by atoms with Crippen molar-refractivity contribution in [2.24, 2.45) is 0 Å². The number of hydrogen-bond donors (Lipinski definition) is 3. The molecular formula is C7H14F2O3. The fourth-order valence-corrected chi connectivity index (χ4v) is 0.765. The lowest BCUT2D eigenvalue weighted by atomic mass is 10.1. The molecule has 0 aromatic rings. The molecule has 0 aromatic heterocycles. The first-order valence-corrected chi connectivity index (χ1v) is 3.86. The van der Waals surface area contributed by atoms with E-state index in [9.17, 15) is 8.78 Å². The summed E-state index contributed by atoms with van der Waals surface area (Å²) in [5, 5.41) is 24.6. The molecule has 0 radical (unpaired) electrons. The van der Waals surface area contributed by atoms with Gasteiger partial charge in [0.15, 0.2) is 0 Å². The quantitative estimate of drug-likeness (QED) is 0.438. The molecule has 0 aromatic carbocycles. The Balaban J connectivity index is 3.88. The molecule has 0 aliphatic heterocycles. The number of hydrogen-bond acceptors (Lipinski definition) is 3. The molecule has 0 saturated heterocycles. The Morgan fingerprint density at radius 2 is 1.58 bits per heavy atom. The van der Waals surface area contributed by atoms with Crippen LogP contribution in [0.2, 0.25) is 0 Å². The molecule has 12 heavy (non-hydrogen) atoms. The Kier molecular flexibility index (Phi) is 4.02. The van der Waals surface area contributed by atoms with E-state index in [0.717, 1.165) is 6.42 Å². The van der Waals surface area contributed by atoms with E-state index in [1.54, 1.807) is 0 Å². The summed E-state index contributed by atoms with van der Waals surface area (Å²) < 4.78 is 25.0. The predicted molar refractivity (Wildman–Crippen MR) is 38.5 cm³/mol. The molecule has 0 unspecified atom stereocenters. The lowest BCUT2D eigenvalue weighted by molar-refractivity contribution is -0.407. The van der Waals surface area contributed by atoms with Gasteiger partial charge in [0.1, 0.15) is 0 Å². The van der Waals surface area contributed by atoms with Gasteiger partial charge in [0.2, 0.25) is 0 Å². The largest absolute Gasteiger partial charge is 0.343 e. The van der Waals surface area contributed by atoms with Gasteiger partial charge < -0.3 is 15.3 Å². The van der Waals surface area contributed by atoms with Crippen LogP contribution >= 0.6 is 0 Å². The molecule has 5 heteroatoms. The monoisotopic (exact) mass is 184 g/mol. The van der Waals surface area contributed by atoms with Crippen molar-refractivity contribution in [3.63, 3.8) is 0 Å². The SMILES string of the molecule is CCCCCC(F)(F)C(O)(O)O. The molecule has 0 aliphatic carbocycles. The second-order valence-electron chi connectivity index (χ2n) is 2.80. The van der Waals surface area contributed by atoms with E-state index in [1.165, 1.54) is 0 Å². The third kappa shape index (κ3) is 3.42. The van der Waals surface area contributed by atoms with Crippen molar-refractivity contribution in [2.75, 3.05) is 0 Å². The van der Waals surface area contributed by atoms with Gasteiger partial charge in [-0.3, -0.25) is 0 Å². The van der Waals surface area contributed by atoms with Gasteiger partial charge in [0, 0.05) is 6.42 Å². The van der Waals surface area contributed by atoms with Crippen LogP contribution in [-0.2, 0) is 0 Å². The summed E-state index contributed by atoms with van der Waals surface area (Å²) >= 11 is 0. The molecule has 3 nitrogen and oxygen atoms in total. The van der Waals surface area contributed by atoms with Crippen LogP contribution in [0.15, 0.2) is 0 Å². The Labute approximate surface area is 69.6 Å². The molecule has 0 amide bonds. The zero-order valence-corrected chi connectivity index (χ0v) is 6.93. The van der Waals surface area contributed by atoms with E-state index in [2.05, 4.69) is 0 Å². The minimum absolute atomic E-state index is 0.160. The number of halogens is 2. The highest BCUT2D eigenvalue weighted by molar-refractivity contribution is 4.73. The smallest absolute Gasteiger partial charge is 0.339 e. The highest BCUT2D eigenvalue weighted by Gasteiger charge is 2.50. The maximum Gasteiger partial charge on any atom is 0.343 e. The highest BCUT2D eigenvalue weighted by atomic mass is 19.3. The fourth-order valence-electron chi connectivity index (χ4n) is 0.765. The zero-order chi connectivity index (χ0) is 9.83. The molecule has 0 aliphatic rings. The molecule has 3 N–H and O–H groups in total. The number of rotatable bonds is 5. The molecule has 0 saturated carbocycles. The van der Waals surface area contributed by atoms with Crippen LogP contribution in [0.1, 0.15) is 32.6 Å². The first-order chi connectivity index (χ1) is 5.31. The molecule has 0 heterocycles. The maximum absolute atomic E-state index is 12.5. The van der Waals surface area contributed by atoms with Crippen LogP contribution in [0.4, 0.5) is 8.78 Å². The van der Waals surface area contributed by atoms with Crippen LogP contribution in [0, 0.1) is 0 Å². The molecule has 74 valence electrons. The van der Waals surface area contributed by atoms with Crippen molar-refractivity contribution in [3.8, 4) is 0 Å². The van der Waals surface area contributed by atoms with Gasteiger partial charge in [-0.25, -0.2) is 0 Å². The van der Waals surface area contributed by atoms with Crippen LogP contribution in [0.25, 0.3) is 0 Å². The van der Waals surface area contributed by atoms with Gasteiger partial charge in [-0.15, -0.1) is 0 Å². The Morgan fingerprint density at radius 1 is 1.08 bits per heavy atom. The van der Waals surface area contributed by atoms with Crippen molar-refractivity contribution < 1.29 is 24.1 Å². The molecular weight excluding hydrogens is 170 g/mol. The Bertz CT molecular complexity index is 131. The van der Waals surface area contributed by atoms with Crippen LogP contribution in [-0.4, -0.2) is 27.2 Å². The third-order valence-corrected chi connectivity index (χ3v) is 1.59. The van der Waals surface area contributed by atoms with Gasteiger partial charge >= 0.3 is 11.9 Å². The summed E-state index contributed by atoms with van der Waals surface area (Å²) in [7, 11) is 0. The van der Waals surface area contributed by atoms with Gasteiger partial charge in [0.25, 0.3) is 0 Å². The van der Waals surface area contributed by atoms with E-state index in [0.29, 0.717) is 6.42 Å². The van der Waals surface area contributed by atoms with E-state index in [-0.39, 0.29) is 6.42 Å². The lowest BCUT2D eigenvalue weighted by Gasteiger charge is -2.24.